The standard InChI is InChI=1S/C9H19NO3/c1-9(13-8-11-2)7-10-3-5-12-6-4-10/h9H,3-8H2,1-2H3. The van der Waals surface area contributed by atoms with Crippen molar-refractivity contribution >= 4 is 0 Å². The van der Waals surface area contributed by atoms with E-state index in [1.54, 1.807) is 7.11 Å². The van der Waals surface area contributed by atoms with Gasteiger partial charge in [-0.05, 0) is 6.92 Å². The van der Waals surface area contributed by atoms with Crippen LogP contribution >= 0.6 is 0 Å². The molecule has 4 heteroatoms. The van der Waals surface area contributed by atoms with Crippen molar-refractivity contribution in [1.82, 2.24) is 4.90 Å². The Hall–Kier alpha value is -0.160. The van der Waals surface area contributed by atoms with Gasteiger partial charge in [0.15, 0.2) is 0 Å². The zero-order chi connectivity index (χ0) is 9.52. The Morgan fingerprint density at radius 1 is 1.38 bits per heavy atom. The molecule has 0 aromatic carbocycles. The molecule has 78 valence electrons. The second-order valence-corrected chi connectivity index (χ2v) is 3.30. The van der Waals surface area contributed by atoms with Crippen LogP contribution < -0.4 is 0 Å². The Balaban J connectivity index is 2.07. The van der Waals surface area contributed by atoms with Crippen LogP contribution in [0.3, 0.4) is 0 Å². The Kier molecular flexibility index (Phi) is 5.31. The molecule has 1 rings (SSSR count). The third-order valence-corrected chi connectivity index (χ3v) is 2.09. The molecule has 0 radical (unpaired) electrons. The van der Waals surface area contributed by atoms with Crippen LogP contribution in [0.25, 0.3) is 0 Å². The number of hydrogen-bond acceptors (Lipinski definition) is 4. The lowest BCUT2D eigenvalue weighted by atomic mass is 10.3. The number of nitrogens with zero attached hydrogens (tertiary/aromatic N) is 1. The van der Waals surface area contributed by atoms with Crippen molar-refractivity contribution in [2.45, 2.75) is 13.0 Å². The smallest absolute Gasteiger partial charge is 0.146 e. The van der Waals surface area contributed by atoms with Gasteiger partial charge in [-0.3, -0.25) is 4.90 Å². The molecule has 0 aromatic heterocycles. The van der Waals surface area contributed by atoms with Crippen molar-refractivity contribution in [2.24, 2.45) is 0 Å². The highest BCUT2D eigenvalue weighted by atomic mass is 16.7. The van der Waals surface area contributed by atoms with E-state index in [1.807, 2.05) is 0 Å². The van der Waals surface area contributed by atoms with Gasteiger partial charge in [0.25, 0.3) is 0 Å². The SMILES string of the molecule is COCOC(C)CN1CCOCC1. The van der Waals surface area contributed by atoms with E-state index in [4.69, 9.17) is 14.2 Å². The van der Waals surface area contributed by atoms with E-state index >= 15 is 0 Å². The fourth-order valence-electron chi connectivity index (χ4n) is 1.38. The minimum atomic E-state index is 0.234. The lowest BCUT2D eigenvalue weighted by Crippen LogP contribution is -2.41. The second-order valence-electron chi connectivity index (χ2n) is 3.30. The summed E-state index contributed by atoms with van der Waals surface area (Å²) in [5, 5.41) is 0. The van der Waals surface area contributed by atoms with Crippen molar-refractivity contribution in [2.75, 3.05) is 46.8 Å². The van der Waals surface area contributed by atoms with E-state index in [0.29, 0.717) is 6.79 Å². The summed E-state index contributed by atoms with van der Waals surface area (Å²) in [4.78, 5) is 2.35. The number of ether oxygens (including phenoxy) is 3. The molecule has 13 heavy (non-hydrogen) atoms. The highest BCUT2D eigenvalue weighted by molar-refractivity contribution is 4.64. The summed E-state index contributed by atoms with van der Waals surface area (Å²) in [5.74, 6) is 0. The average molecular weight is 189 g/mol. The zero-order valence-corrected chi connectivity index (χ0v) is 8.49. The van der Waals surface area contributed by atoms with Crippen molar-refractivity contribution < 1.29 is 14.2 Å². The molecule has 1 aliphatic rings. The third-order valence-electron chi connectivity index (χ3n) is 2.09. The van der Waals surface area contributed by atoms with Crippen molar-refractivity contribution in [3.8, 4) is 0 Å². The van der Waals surface area contributed by atoms with Crippen LogP contribution in [0.15, 0.2) is 0 Å². The molecule has 1 aliphatic heterocycles. The van der Waals surface area contributed by atoms with E-state index in [-0.39, 0.29) is 6.10 Å². The first-order valence-electron chi connectivity index (χ1n) is 4.73. The van der Waals surface area contributed by atoms with E-state index < -0.39 is 0 Å². The van der Waals surface area contributed by atoms with Crippen LogP contribution in [0.2, 0.25) is 0 Å². The Bertz CT molecular complexity index is 126. The summed E-state index contributed by atoms with van der Waals surface area (Å²) < 4.78 is 15.5. The van der Waals surface area contributed by atoms with Crippen LogP contribution in [0.5, 0.6) is 0 Å². The number of rotatable bonds is 5. The molecule has 0 spiro atoms. The molecular formula is C9H19NO3. The maximum absolute atomic E-state index is 5.39. The van der Waals surface area contributed by atoms with Gasteiger partial charge >= 0.3 is 0 Å². The normalized spacial score (nSPS) is 21.7. The Morgan fingerprint density at radius 3 is 2.69 bits per heavy atom. The Labute approximate surface area is 79.8 Å². The van der Waals surface area contributed by atoms with Gasteiger partial charge in [0.05, 0.1) is 19.3 Å². The lowest BCUT2D eigenvalue weighted by Gasteiger charge is -2.28. The van der Waals surface area contributed by atoms with Gasteiger partial charge in [-0.25, -0.2) is 0 Å². The minimum Gasteiger partial charge on any atom is -0.379 e. The number of morpholine rings is 1. The summed E-state index contributed by atoms with van der Waals surface area (Å²) in [6.07, 6.45) is 0.234. The third kappa shape index (κ3) is 4.57. The second kappa shape index (κ2) is 6.32. The molecule has 1 saturated heterocycles. The maximum atomic E-state index is 5.39. The molecule has 0 amide bonds. The first-order valence-corrected chi connectivity index (χ1v) is 4.73. The van der Waals surface area contributed by atoms with Crippen molar-refractivity contribution in [1.29, 1.82) is 0 Å². The quantitative estimate of drug-likeness (QED) is 0.583. The first kappa shape index (κ1) is 10.9. The molecule has 0 N–H and O–H groups in total. The summed E-state index contributed by atoms with van der Waals surface area (Å²) in [5.41, 5.74) is 0. The van der Waals surface area contributed by atoms with Crippen molar-refractivity contribution in [3.05, 3.63) is 0 Å². The first-order chi connectivity index (χ1) is 6.33. The average Bonchev–Trinajstić information content (AvgIpc) is 2.16. The summed E-state index contributed by atoms with van der Waals surface area (Å²) in [6, 6.07) is 0. The molecule has 1 unspecified atom stereocenters. The molecular weight excluding hydrogens is 170 g/mol. The lowest BCUT2D eigenvalue weighted by molar-refractivity contribution is -0.0803. The van der Waals surface area contributed by atoms with Crippen LogP contribution in [0, 0.1) is 0 Å². The predicted octanol–water partition coefficient (Wildman–Crippen LogP) is 0.328. The maximum Gasteiger partial charge on any atom is 0.146 e. The molecule has 1 atom stereocenters. The number of methoxy groups -OCH3 is 1. The summed E-state index contributed by atoms with van der Waals surface area (Å²) >= 11 is 0. The predicted molar refractivity (Wildman–Crippen MR) is 49.7 cm³/mol. The summed E-state index contributed by atoms with van der Waals surface area (Å²) in [7, 11) is 1.64. The summed E-state index contributed by atoms with van der Waals surface area (Å²) in [6.45, 7) is 7.13. The largest absolute Gasteiger partial charge is 0.379 e. The molecule has 0 bridgehead atoms. The molecule has 1 fully saturated rings. The van der Waals surface area contributed by atoms with Crippen LogP contribution in [0.4, 0.5) is 0 Å². The zero-order valence-electron chi connectivity index (χ0n) is 8.49. The van der Waals surface area contributed by atoms with Gasteiger partial charge in [0.1, 0.15) is 6.79 Å². The molecule has 0 aromatic rings. The van der Waals surface area contributed by atoms with Gasteiger partial charge in [-0.2, -0.15) is 0 Å². The monoisotopic (exact) mass is 189 g/mol. The fourth-order valence-corrected chi connectivity index (χ4v) is 1.38. The highest BCUT2D eigenvalue weighted by Gasteiger charge is 2.13. The van der Waals surface area contributed by atoms with Crippen LogP contribution in [0.1, 0.15) is 6.92 Å². The fraction of sp³-hybridized carbons (Fsp3) is 1.00. The van der Waals surface area contributed by atoms with E-state index in [9.17, 15) is 0 Å². The molecule has 1 heterocycles. The van der Waals surface area contributed by atoms with E-state index in [1.165, 1.54) is 0 Å². The van der Waals surface area contributed by atoms with Crippen LogP contribution in [-0.4, -0.2) is 57.8 Å². The molecule has 0 aliphatic carbocycles. The van der Waals surface area contributed by atoms with Crippen molar-refractivity contribution in [3.63, 3.8) is 0 Å². The van der Waals surface area contributed by atoms with Gasteiger partial charge < -0.3 is 14.2 Å². The van der Waals surface area contributed by atoms with Gasteiger partial charge in [0.2, 0.25) is 0 Å². The molecule has 0 saturated carbocycles. The van der Waals surface area contributed by atoms with Crippen LogP contribution in [-0.2, 0) is 14.2 Å². The Morgan fingerprint density at radius 2 is 2.08 bits per heavy atom. The highest BCUT2D eigenvalue weighted by Crippen LogP contribution is 2.00. The van der Waals surface area contributed by atoms with Gasteiger partial charge in [-0.1, -0.05) is 0 Å². The van der Waals surface area contributed by atoms with E-state index in [0.717, 1.165) is 32.8 Å². The minimum absolute atomic E-state index is 0.234. The number of hydrogen-bond donors (Lipinski definition) is 0. The van der Waals surface area contributed by atoms with Gasteiger partial charge in [-0.15, -0.1) is 0 Å². The van der Waals surface area contributed by atoms with E-state index in [2.05, 4.69) is 11.8 Å². The topological polar surface area (TPSA) is 30.9 Å². The van der Waals surface area contributed by atoms with Gasteiger partial charge in [0, 0.05) is 26.7 Å². The molecule has 4 nitrogen and oxygen atoms in total.